The first kappa shape index (κ1) is 199. The van der Waals surface area contributed by atoms with E-state index in [0.717, 1.165) is 0 Å². The topological polar surface area (TPSA) is 189 Å². The Kier molecular flexibility index (Phi) is 25100. The molecule has 0 fully saturated rings. The Morgan fingerprint density at radius 1 is 0.500 bits per heavy atom. The zero-order chi connectivity index (χ0) is 2.00. The van der Waals surface area contributed by atoms with E-state index < -0.39 is 0 Å². The molecule has 0 aromatic carbocycles. The number of halogens is 1. The van der Waals surface area contributed by atoms with Crippen molar-refractivity contribution < 1.29 is 48.0 Å². The normalized spacial score (nSPS) is 0.875. The average Bonchev–Trinajstić information content (AvgIpc) is 1.00. The fourth-order valence-electron chi connectivity index (χ4n) is 0. The summed E-state index contributed by atoms with van der Waals surface area (Å²) >= 11 is 3.66. The summed E-state index contributed by atoms with van der Waals surface area (Å²) in [5.41, 5.74) is 0. The average molecular weight is 207 g/mol. The van der Waals surface area contributed by atoms with E-state index in [1.54, 1.807) is 0 Å². The van der Waals surface area contributed by atoms with E-state index >= 15 is 0 Å². The Morgan fingerprint density at radius 2 is 0.500 bits per heavy atom. The van der Waals surface area contributed by atoms with Crippen LogP contribution in [0.1, 0.15) is 0 Å². The molecule has 0 aliphatic carbocycles. The molecule has 0 bridgehead atoms. The van der Waals surface area contributed by atoms with Gasteiger partial charge in [0.25, 0.3) is 0 Å². The molecule has 0 heterocycles. The van der Waals surface area contributed by atoms with E-state index in [4.69, 9.17) is 0 Å². The van der Waals surface area contributed by atoms with Gasteiger partial charge < -0.3 is 32.9 Å². The fourth-order valence-corrected chi connectivity index (χ4v) is 0. The van der Waals surface area contributed by atoms with E-state index in [9.17, 15) is 0 Å². The monoisotopic (exact) mass is 206 g/mol. The quantitative estimate of drug-likeness (QED) is 0.348. The first-order valence-corrected chi connectivity index (χ1v) is 1.41. The third kappa shape index (κ3) is 628. The Hall–Kier alpha value is 0.569. The maximum atomic E-state index is 4.20. The van der Waals surface area contributed by atoms with Gasteiger partial charge in [-0.15, -0.1) is 0 Å². The van der Waals surface area contributed by atoms with Crippen molar-refractivity contribution in [2.45, 2.75) is 0 Å². The molecule has 12 N–H and O–H groups in total. The molecule has 0 aromatic heterocycles. The first-order chi connectivity index (χ1) is 1.00. The van der Waals surface area contributed by atoms with Gasteiger partial charge in [-0.05, 0) is 0 Å². The van der Waals surface area contributed by atoms with Crippen LogP contribution in [-0.2, 0) is 15.1 Å². The number of hydrogen-bond acceptors (Lipinski definition) is 0. The van der Waals surface area contributed by atoms with Gasteiger partial charge >= 0.3 is 25.2 Å². The van der Waals surface area contributed by atoms with Crippen molar-refractivity contribution in [3.05, 3.63) is 0 Å². The van der Waals surface area contributed by atoms with Crippen LogP contribution in [0.2, 0.25) is 0 Å². The van der Waals surface area contributed by atoms with Gasteiger partial charge in [-0.25, -0.2) is 0 Å². The molecule has 0 aliphatic rings. The molecule has 0 saturated carbocycles. The maximum absolute atomic E-state index is 4.20. The second-order valence-corrected chi connectivity index (χ2v) is 0. The van der Waals surface area contributed by atoms with Crippen LogP contribution >= 0.6 is 10.1 Å². The van der Waals surface area contributed by atoms with Crippen molar-refractivity contribution in [1.82, 2.24) is 0 Å². The van der Waals surface area contributed by atoms with Crippen LogP contribution in [0.3, 0.4) is 0 Å². The number of rotatable bonds is 0. The third-order valence-corrected chi connectivity index (χ3v) is 0. The standard InChI is InChI=1S/ClH.Cu.6H2O/h1H;;6*1H2/q;+1;;;;;;/p-1. The Morgan fingerprint density at radius 3 is 0.500 bits per heavy atom. The summed E-state index contributed by atoms with van der Waals surface area (Å²) in [7, 11) is 4.20. The molecule has 0 rings (SSSR count). The predicted octanol–water partition coefficient (Wildman–Crippen LogP) is -4.26. The van der Waals surface area contributed by atoms with Gasteiger partial charge in [-0.2, -0.15) is 0 Å². The van der Waals surface area contributed by atoms with Crippen LogP contribution in [0.15, 0.2) is 0 Å². The van der Waals surface area contributed by atoms with Gasteiger partial charge in [-0.1, -0.05) is 0 Å². The van der Waals surface area contributed by atoms with Crippen LogP contribution < -0.4 is 0 Å². The van der Waals surface area contributed by atoms with Crippen molar-refractivity contribution in [2.75, 3.05) is 0 Å². The molecule has 0 unspecified atom stereocenters. The molecule has 0 radical (unpaired) electrons. The van der Waals surface area contributed by atoms with E-state index in [0.29, 0.717) is 0 Å². The van der Waals surface area contributed by atoms with Crippen LogP contribution in [0, 0.1) is 0 Å². The van der Waals surface area contributed by atoms with Gasteiger partial charge in [0.05, 0.1) is 0 Å². The Balaban J connectivity index is -0.000000000333. The first-order valence-electron chi connectivity index (χ1n) is 0.114. The van der Waals surface area contributed by atoms with Crippen molar-refractivity contribution in [3.8, 4) is 0 Å². The van der Waals surface area contributed by atoms with Crippen LogP contribution in [0.4, 0.5) is 0 Å². The van der Waals surface area contributed by atoms with Gasteiger partial charge in [-0.3, -0.25) is 0 Å². The SMILES string of the molecule is O.O.O.O.O.O.[Cl][Cu]. The third-order valence-electron chi connectivity index (χ3n) is 0. The Bertz CT molecular complexity index is 8.49. The van der Waals surface area contributed by atoms with E-state index in [2.05, 4.69) is 25.2 Å². The molecule has 0 aromatic rings. The predicted molar refractivity (Wildman–Crippen MR) is 27.5 cm³/mol. The fraction of sp³-hybridized carbons (Fsp3) is 0. The van der Waals surface area contributed by atoms with Gasteiger partial charge in [0, 0.05) is 0 Å². The molecule has 0 aliphatic heterocycles. The summed E-state index contributed by atoms with van der Waals surface area (Å²) in [6.45, 7) is 0. The Labute approximate surface area is 58.7 Å². The van der Waals surface area contributed by atoms with Crippen molar-refractivity contribution in [1.29, 1.82) is 0 Å². The van der Waals surface area contributed by atoms with Gasteiger partial charge in [0.1, 0.15) is 0 Å². The van der Waals surface area contributed by atoms with Gasteiger partial charge in [0.2, 0.25) is 0 Å². The van der Waals surface area contributed by atoms with Crippen molar-refractivity contribution >= 4 is 10.1 Å². The van der Waals surface area contributed by atoms with Crippen LogP contribution in [-0.4, -0.2) is 32.9 Å². The molecule has 0 atom stereocenters. The van der Waals surface area contributed by atoms with Gasteiger partial charge in [0.15, 0.2) is 0 Å². The molecule has 8 heavy (non-hydrogen) atoms. The molecule has 8 heteroatoms. The zero-order valence-corrected chi connectivity index (χ0v) is 5.38. The second kappa shape index (κ2) is 1010. The van der Waals surface area contributed by atoms with Crippen LogP contribution in [0.5, 0.6) is 0 Å². The summed E-state index contributed by atoms with van der Waals surface area (Å²) in [4.78, 5) is 0. The molecule has 6 nitrogen and oxygen atoms in total. The minimum atomic E-state index is 0. The molecular weight excluding hydrogens is 195 g/mol. The molecular formula is H12ClCuO6. The van der Waals surface area contributed by atoms with Crippen molar-refractivity contribution in [3.63, 3.8) is 0 Å². The van der Waals surface area contributed by atoms with E-state index in [1.165, 1.54) is 0 Å². The summed E-state index contributed by atoms with van der Waals surface area (Å²) in [6, 6.07) is 0. The van der Waals surface area contributed by atoms with E-state index in [-0.39, 0.29) is 32.9 Å². The summed E-state index contributed by atoms with van der Waals surface area (Å²) in [6.07, 6.45) is 0. The second-order valence-electron chi connectivity index (χ2n) is 0. The van der Waals surface area contributed by atoms with Crippen molar-refractivity contribution in [2.24, 2.45) is 0 Å². The molecule has 0 saturated heterocycles. The van der Waals surface area contributed by atoms with E-state index in [1.807, 2.05) is 0 Å². The number of hydrogen-bond donors (Lipinski definition) is 0. The molecule has 0 spiro atoms. The zero-order valence-electron chi connectivity index (χ0n) is 3.68. The minimum absolute atomic E-state index is 0. The molecule has 0 amide bonds. The summed E-state index contributed by atoms with van der Waals surface area (Å²) in [5.74, 6) is 0. The van der Waals surface area contributed by atoms with Crippen LogP contribution in [0.25, 0.3) is 0 Å². The molecule has 66 valence electrons. The summed E-state index contributed by atoms with van der Waals surface area (Å²) in [5, 5.41) is 0. The summed E-state index contributed by atoms with van der Waals surface area (Å²) < 4.78 is 0.